The van der Waals surface area contributed by atoms with Gasteiger partial charge in [0.05, 0.1) is 11.4 Å². The first-order chi connectivity index (χ1) is 6.75. The summed E-state index contributed by atoms with van der Waals surface area (Å²) in [6.45, 7) is 0. The molecule has 2 aromatic rings. The van der Waals surface area contributed by atoms with E-state index in [1.54, 1.807) is 12.4 Å². The SMILES string of the molecule is Brc1c[13cH]n[13c](-[13c]2cc(Br)c[13cH]n2)c1. The molecule has 0 aromatic carbocycles. The molecular formula is C10H6Br2N2. The third-order valence-electron chi connectivity index (χ3n) is 1.71. The molecule has 0 atom stereocenters. The van der Waals surface area contributed by atoms with Crippen molar-refractivity contribution < 1.29 is 0 Å². The van der Waals surface area contributed by atoms with Gasteiger partial charge in [-0.2, -0.15) is 0 Å². The molecule has 14 heavy (non-hydrogen) atoms. The summed E-state index contributed by atoms with van der Waals surface area (Å²) in [5, 5.41) is 0. The monoisotopic (exact) mass is 316 g/mol. The van der Waals surface area contributed by atoms with E-state index >= 15 is 0 Å². The summed E-state index contributed by atoms with van der Waals surface area (Å²) in [4.78, 5) is 8.48. The quantitative estimate of drug-likeness (QED) is 0.802. The van der Waals surface area contributed by atoms with Crippen molar-refractivity contribution in [3.8, 4) is 11.4 Å². The Morgan fingerprint density at radius 3 is 1.57 bits per heavy atom. The van der Waals surface area contributed by atoms with Gasteiger partial charge in [-0.05, 0) is 24.3 Å². The lowest BCUT2D eigenvalue weighted by atomic mass is 10.6. The minimum absolute atomic E-state index is 0.862. The molecule has 0 saturated heterocycles. The van der Waals surface area contributed by atoms with Crippen LogP contribution in [0.2, 0.25) is 0 Å². The fraction of sp³-hybridized carbons (Fsp3) is 0. The summed E-state index contributed by atoms with van der Waals surface area (Å²) >= 11 is 6.80. The molecular weight excluding hydrogens is 312 g/mol. The van der Waals surface area contributed by atoms with Gasteiger partial charge in [0.2, 0.25) is 0 Å². The van der Waals surface area contributed by atoms with Crippen LogP contribution >= 0.6 is 31.9 Å². The van der Waals surface area contributed by atoms with Gasteiger partial charge in [0.25, 0.3) is 0 Å². The Labute approximate surface area is 98.7 Å². The zero-order chi connectivity index (χ0) is 9.97. The lowest BCUT2D eigenvalue weighted by Gasteiger charge is -2.00. The van der Waals surface area contributed by atoms with E-state index in [1.807, 2.05) is 24.3 Å². The Balaban J connectivity index is 2.49. The highest BCUT2D eigenvalue weighted by Crippen LogP contribution is 2.20. The molecule has 0 N–H and O–H groups in total. The second kappa shape index (κ2) is 4.19. The molecule has 0 aliphatic heterocycles. The standard InChI is InChI=1S/C10H6Br2N2/c11-7-1-3-13-9(5-7)10-6-8(12)2-4-14-10/h1-6H/i3+1,4+1,9+1,10+1. The normalized spacial score (nSPS) is 10.1. The van der Waals surface area contributed by atoms with Crippen LogP contribution in [-0.2, 0) is 0 Å². The van der Waals surface area contributed by atoms with E-state index in [9.17, 15) is 0 Å². The fourth-order valence-corrected chi connectivity index (χ4v) is 1.76. The topological polar surface area (TPSA) is 25.8 Å². The molecule has 2 aromatic heterocycles. The number of halogens is 2. The van der Waals surface area contributed by atoms with E-state index in [0.717, 1.165) is 20.3 Å². The van der Waals surface area contributed by atoms with Crippen molar-refractivity contribution in [1.82, 2.24) is 9.97 Å². The molecule has 2 nitrogen and oxygen atoms in total. The number of hydrogen-bond donors (Lipinski definition) is 0. The van der Waals surface area contributed by atoms with Gasteiger partial charge in [-0.15, -0.1) is 0 Å². The maximum atomic E-state index is 4.24. The number of aromatic nitrogens is 2. The highest BCUT2D eigenvalue weighted by Gasteiger charge is 2.01. The van der Waals surface area contributed by atoms with Crippen molar-refractivity contribution in [2.75, 3.05) is 0 Å². The maximum Gasteiger partial charge on any atom is 0.0897 e. The van der Waals surface area contributed by atoms with E-state index in [-0.39, 0.29) is 0 Å². The van der Waals surface area contributed by atoms with E-state index in [0.29, 0.717) is 0 Å². The lowest BCUT2D eigenvalue weighted by Crippen LogP contribution is -1.86. The van der Waals surface area contributed by atoms with Crippen LogP contribution in [0.1, 0.15) is 0 Å². The molecule has 0 bridgehead atoms. The van der Waals surface area contributed by atoms with Gasteiger partial charge in [0.1, 0.15) is 0 Å². The minimum atomic E-state index is 0.862. The number of hydrogen-bond acceptors (Lipinski definition) is 2. The number of pyridine rings is 2. The van der Waals surface area contributed by atoms with Gasteiger partial charge in [-0.3, -0.25) is 9.97 Å². The Kier molecular flexibility index (Phi) is 2.93. The van der Waals surface area contributed by atoms with Crippen molar-refractivity contribution in [1.29, 1.82) is 0 Å². The molecule has 0 aliphatic carbocycles. The first-order valence-electron chi connectivity index (χ1n) is 3.99. The Bertz CT molecular complexity index is 414. The van der Waals surface area contributed by atoms with Crippen LogP contribution in [-0.4, -0.2) is 9.97 Å². The zero-order valence-corrected chi connectivity index (χ0v) is 10.3. The summed E-state index contributed by atoms with van der Waals surface area (Å²) in [7, 11) is 0. The molecule has 0 radical (unpaired) electrons. The molecule has 0 aliphatic rings. The van der Waals surface area contributed by atoms with Crippen LogP contribution < -0.4 is 0 Å². The summed E-state index contributed by atoms with van der Waals surface area (Å²) in [5.41, 5.74) is 1.72. The van der Waals surface area contributed by atoms with E-state index in [2.05, 4.69) is 41.8 Å². The van der Waals surface area contributed by atoms with Crippen LogP contribution in [0.25, 0.3) is 11.4 Å². The van der Waals surface area contributed by atoms with Crippen LogP contribution in [0.4, 0.5) is 0 Å². The lowest BCUT2D eigenvalue weighted by molar-refractivity contribution is 1.24. The average molecular weight is 318 g/mol. The second-order valence-electron chi connectivity index (χ2n) is 2.72. The smallest absolute Gasteiger partial charge is 0.0897 e. The highest BCUT2D eigenvalue weighted by atomic mass is 79.9. The third kappa shape index (κ3) is 2.19. The molecule has 0 saturated carbocycles. The second-order valence-corrected chi connectivity index (χ2v) is 4.55. The van der Waals surface area contributed by atoms with Crippen molar-refractivity contribution in [2.45, 2.75) is 0 Å². The number of rotatable bonds is 1. The van der Waals surface area contributed by atoms with Gasteiger partial charge in [0.15, 0.2) is 0 Å². The minimum Gasteiger partial charge on any atom is -0.255 e. The Hall–Kier alpha value is -0.740. The zero-order valence-electron chi connectivity index (χ0n) is 7.11. The van der Waals surface area contributed by atoms with Gasteiger partial charge >= 0.3 is 0 Å². The molecule has 0 amide bonds. The largest absolute Gasteiger partial charge is 0.255 e. The van der Waals surface area contributed by atoms with E-state index in [4.69, 9.17) is 0 Å². The fourth-order valence-electron chi connectivity index (χ4n) is 1.09. The predicted octanol–water partition coefficient (Wildman–Crippen LogP) is 3.67. The first-order valence-corrected chi connectivity index (χ1v) is 5.58. The summed E-state index contributed by atoms with van der Waals surface area (Å²) in [5.74, 6) is 0. The Morgan fingerprint density at radius 1 is 0.786 bits per heavy atom. The van der Waals surface area contributed by atoms with Crippen molar-refractivity contribution in [3.63, 3.8) is 0 Å². The van der Waals surface area contributed by atoms with Gasteiger partial charge in [-0.25, -0.2) is 0 Å². The molecule has 0 spiro atoms. The summed E-state index contributed by atoms with van der Waals surface area (Å²) in [6.07, 6.45) is 3.50. The molecule has 70 valence electrons. The number of nitrogens with zero attached hydrogens (tertiary/aromatic N) is 2. The van der Waals surface area contributed by atoms with Gasteiger partial charge in [-0.1, -0.05) is 31.9 Å². The van der Waals surface area contributed by atoms with Crippen molar-refractivity contribution in [2.24, 2.45) is 0 Å². The Morgan fingerprint density at radius 2 is 1.21 bits per heavy atom. The van der Waals surface area contributed by atoms with Gasteiger partial charge in [0, 0.05) is 21.3 Å². The summed E-state index contributed by atoms with van der Waals surface area (Å²) in [6, 6.07) is 7.66. The maximum absolute atomic E-state index is 4.24. The molecule has 4 heteroatoms. The van der Waals surface area contributed by atoms with E-state index in [1.165, 1.54) is 0 Å². The third-order valence-corrected chi connectivity index (χ3v) is 2.69. The van der Waals surface area contributed by atoms with Crippen molar-refractivity contribution >= 4 is 31.9 Å². The van der Waals surface area contributed by atoms with E-state index < -0.39 is 0 Å². The first kappa shape index (κ1) is 9.80. The molecule has 2 heterocycles. The van der Waals surface area contributed by atoms with Crippen LogP contribution in [0.15, 0.2) is 45.6 Å². The summed E-state index contributed by atoms with van der Waals surface area (Å²) < 4.78 is 2.01. The van der Waals surface area contributed by atoms with Crippen LogP contribution in [0.3, 0.4) is 0 Å². The molecule has 2 rings (SSSR count). The predicted molar refractivity (Wildman–Crippen MR) is 62.9 cm³/mol. The van der Waals surface area contributed by atoms with Crippen LogP contribution in [0, 0.1) is 0 Å². The highest BCUT2D eigenvalue weighted by molar-refractivity contribution is 9.10. The van der Waals surface area contributed by atoms with Gasteiger partial charge < -0.3 is 0 Å². The van der Waals surface area contributed by atoms with Crippen molar-refractivity contribution in [3.05, 3.63) is 45.6 Å². The van der Waals surface area contributed by atoms with Crippen LogP contribution in [0.5, 0.6) is 0 Å². The average Bonchev–Trinajstić information content (AvgIpc) is 2.18. The molecule has 0 fully saturated rings. The molecule has 0 unspecified atom stereocenters.